The molecule has 0 fully saturated rings. The van der Waals surface area contributed by atoms with Gasteiger partial charge in [0.25, 0.3) is 0 Å². The van der Waals surface area contributed by atoms with Crippen molar-refractivity contribution in [1.82, 2.24) is 10.0 Å². The van der Waals surface area contributed by atoms with Gasteiger partial charge in [-0.2, -0.15) is 0 Å². The molecule has 0 spiro atoms. The maximum Gasteiger partial charge on any atom is 0.246 e. The summed E-state index contributed by atoms with van der Waals surface area (Å²) in [5.41, 5.74) is 0.499. The maximum atomic E-state index is 11.1. The number of carbonyl (C=O) groups is 1. The quantitative estimate of drug-likeness (QED) is 0.482. The van der Waals surface area contributed by atoms with Gasteiger partial charge in [0.2, 0.25) is 15.9 Å². The molecular weight excluding hydrogens is 228 g/mol. The molecule has 2 N–H and O–H groups in total. The summed E-state index contributed by atoms with van der Waals surface area (Å²) in [5.74, 6) is -0.130. The fraction of sp³-hybridized carbons (Fsp3) is 0.700. The molecule has 94 valence electrons. The molecule has 0 rings (SSSR count). The number of sulfonamides is 1. The van der Waals surface area contributed by atoms with E-state index < -0.39 is 10.0 Å². The predicted molar refractivity (Wildman–Crippen MR) is 64.5 cm³/mol. The molecule has 0 saturated carbocycles. The molecule has 0 aliphatic carbocycles. The Morgan fingerprint density at radius 3 is 2.25 bits per heavy atom. The van der Waals surface area contributed by atoms with Crippen LogP contribution >= 0.6 is 0 Å². The van der Waals surface area contributed by atoms with Crippen molar-refractivity contribution in [2.45, 2.75) is 26.2 Å². The topological polar surface area (TPSA) is 75.3 Å². The second kappa shape index (κ2) is 7.40. The number of nitrogens with one attached hydrogen (secondary N) is 2. The summed E-state index contributed by atoms with van der Waals surface area (Å²) in [6, 6.07) is 0. The van der Waals surface area contributed by atoms with Gasteiger partial charge >= 0.3 is 0 Å². The molecule has 6 heteroatoms. The zero-order valence-electron chi connectivity index (χ0n) is 9.88. The Labute approximate surface area is 97.4 Å². The van der Waals surface area contributed by atoms with Gasteiger partial charge in [0.1, 0.15) is 0 Å². The highest BCUT2D eigenvalue weighted by atomic mass is 32.2. The first kappa shape index (κ1) is 15.1. The highest BCUT2D eigenvalue weighted by Gasteiger charge is 2.00. The summed E-state index contributed by atoms with van der Waals surface area (Å²) in [4.78, 5) is 11.1. The van der Waals surface area contributed by atoms with Crippen molar-refractivity contribution in [3.05, 3.63) is 12.2 Å². The summed E-state index contributed by atoms with van der Waals surface area (Å²) in [5, 5.41) is 2.71. The average Bonchev–Trinajstić information content (AvgIpc) is 2.14. The fourth-order valence-electron chi connectivity index (χ4n) is 1.04. The van der Waals surface area contributed by atoms with Crippen LogP contribution in [0.5, 0.6) is 0 Å². The summed E-state index contributed by atoms with van der Waals surface area (Å²) >= 11 is 0. The third-order valence-electron chi connectivity index (χ3n) is 1.89. The summed E-state index contributed by atoms with van der Waals surface area (Å²) in [6.45, 7) is 6.23. The molecule has 0 heterocycles. The standard InChI is InChI=1S/C10H20N2O3S/c1-9(2)10(13)11-7-5-4-6-8-12-16(3,14)15/h12H,1,4-8H2,2-3H3,(H,11,13). The van der Waals surface area contributed by atoms with Crippen LogP contribution in [-0.2, 0) is 14.8 Å². The summed E-state index contributed by atoms with van der Waals surface area (Å²) < 4.78 is 23.8. The third-order valence-corrected chi connectivity index (χ3v) is 2.62. The van der Waals surface area contributed by atoms with E-state index >= 15 is 0 Å². The Balaban J connectivity index is 3.35. The lowest BCUT2D eigenvalue weighted by atomic mass is 10.2. The number of hydrogen-bond donors (Lipinski definition) is 2. The second-order valence-electron chi connectivity index (χ2n) is 3.76. The van der Waals surface area contributed by atoms with Crippen molar-refractivity contribution in [2.75, 3.05) is 19.3 Å². The first-order chi connectivity index (χ1) is 7.33. The van der Waals surface area contributed by atoms with Crippen LogP contribution in [-0.4, -0.2) is 33.7 Å². The Hall–Kier alpha value is -0.880. The van der Waals surface area contributed by atoms with E-state index in [1.165, 1.54) is 0 Å². The lowest BCUT2D eigenvalue weighted by Gasteiger charge is -2.04. The molecule has 0 radical (unpaired) electrons. The Bertz CT molecular complexity index is 336. The maximum absolute atomic E-state index is 11.1. The molecule has 0 saturated heterocycles. The molecule has 5 nitrogen and oxygen atoms in total. The molecule has 0 aliphatic heterocycles. The van der Waals surface area contributed by atoms with E-state index in [1.54, 1.807) is 6.92 Å². The van der Waals surface area contributed by atoms with Gasteiger partial charge in [0.15, 0.2) is 0 Å². The van der Waals surface area contributed by atoms with E-state index in [0.717, 1.165) is 25.5 Å². The van der Waals surface area contributed by atoms with Crippen LogP contribution in [0.2, 0.25) is 0 Å². The van der Waals surface area contributed by atoms with Crippen LogP contribution in [0.1, 0.15) is 26.2 Å². The van der Waals surface area contributed by atoms with Crippen molar-refractivity contribution >= 4 is 15.9 Å². The van der Waals surface area contributed by atoms with Crippen molar-refractivity contribution in [1.29, 1.82) is 0 Å². The number of hydrogen-bond acceptors (Lipinski definition) is 3. The molecule has 0 unspecified atom stereocenters. The Kier molecular flexibility index (Phi) is 7.00. The van der Waals surface area contributed by atoms with Gasteiger partial charge < -0.3 is 5.32 Å². The van der Waals surface area contributed by atoms with Crippen LogP contribution in [0.15, 0.2) is 12.2 Å². The van der Waals surface area contributed by atoms with Crippen molar-refractivity contribution < 1.29 is 13.2 Å². The van der Waals surface area contributed by atoms with E-state index in [-0.39, 0.29) is 5.91 Å². The Morgan fingerprint density at radius 2 is 1.75 bits per heavy atom. The van der Waals surface area contributed by atoms with E-state index in [0.29, 0.717) is 18.7 Å². The van der Waals surface area contributed by atoms with Crippen LogP contribution in [0.4, 0.5) is 0 Å². The molecule has 0 bridgehead atoms. The monoisotopic (exact) mass is 248 g/mol. The lowest BCUT2D eigenvalue weighted by molar-refractivity contribution is -0.117. The molecule has 16 heavy (non-hydrogen) atoms. The summed E-state index contributed by atoms with van der Waals surface area (Å²) in [6.07, 6.45) is 3.62. The van der Waals surface area contributed by atoms with Crippen LogP contribution in [0.3, 0.4) is 0 Å². The zero-order chi connectivity index (χ0) is 12.6. The largest absolute Gasteiger partial charge is 0.352 e. The van der Waals surface area contributed by atoms with Crippen LogP contribution < -0.4 is 10.0 Å². The fourth-order valence-corrected chi connectivity index (χ4v) is 1.55. The van der Waals surface area contributed by atoms with Crippen molar-refractivity contribution in [3.8, 4) is 0 Å². The number of carbonyl (C=O) groups excluding carboxylic acids is 1. The van der Waals surface area contributed by atoms with Gasteiger partial charge in [0, 0.05) is 18.7 Å². The second-order valence-corrected chi connectivity index (χ2v) is 5.60. The number of amides is 1. The average molecular weight is 248 g/mol. The number of rotatable bonds is 8. The minimum Gasteiger partial charge on any atom is -0.352 e. The third kappa shape index (κ3) is 9.67. The van der Waals surface area contributed by atoms with E-state index in [4.69, 9.17) is 0 Å². The lowest BCUT2D eigenvalue weighted by Crippen LogP contribution is -2.25. The van der Waals surface area contributed by atoms with Gasteiger partial charge in [0.05, 0.1) is 6.26 Å². The van der Waals surface area contributed by atoms with Gasteiger partial charge in [-0.3, -0.25) is 4.79 Å². The molecule has 0 aromatic carbocycles. The van der Waals surface area contributed by atoms with E-state index in [2.05, 4.69) is 16.6 Å². The minimum atomic E-state index is -3.07. The van der Waals surface area contributed by atoms with Gasteiger partial charge in [-0.15, -0.1) is 0 Å². The Morgan fingerprint density at radius 1 is 1.19 bits per heavy atom. The van der Waals surface area contributed by atoms with E-state index in [9.17, 15) is 13.2 Å². The SMILES string of the molecule is C=C(C)C(=O)NCCCCCNS(C)(=O)=O. The molecule has 0 atom stereocenters. The molecular formula is C10H20N2O3S. The predicted octanol–water partition coefficient (Wildman–Crippen LogP) is 0.398. The van der Waals surface area contributed by atoms with Crippen LogP contribution in [0.25, 0.3) is 0 Å². The first-order valence-corrected chi connectivity index (χ1v) is 7.10. The minimum absolute atomic E-state index is 0.130. The summed E-state index contributed by atoms with van der Waals surface area (Å²) in [7, 11) is -3.07. The zero-order valence-corrected chi connectivity index (χ0v) is 10.7. The molecule has 1 amide bonds. The molecule has 0 aliphatic rings. The van der Waals surface area contributed by atoms with E-state index in [1.807, 2.05) is 0 Å². The smallest absolute Gasteiger partial charge is 0.246 e. The molecule has 0 aromatic heterocycles. The van der Waals surface area contributed by atoms with Gasteiger partial charge in [-0.25, -0.2) is 13.1 Å². The van der Waals surface area contributed by atoms with Gasteiger partial charge in [-0.05, 0) is 19.8 Å². The van der Waals surface area contributed by atoms with Gasteiger partial charge in [-0.1, -0.05) is 13.0 Å². The normalized spacial score (nSPS) is 11.1. The van der Waals surface area contributed by atoms with Crippen molar-refractivity contribution in [2.24, 2.45) is 0 Å². The van der Waals surface area contributed by atoms with Crippen LogP contribution in [0, 0.1) is 0 Å². The highest BCUT2D eigenvalue weighted by Crippen LogP contribution is 1.94. The highest BCUT2D eigenvalue weighted by molar-refractivity contribution is 7.88. The van der Waals surface area contributed by atoms with Crippen molar-refractivity contribution in [3.63, 3.8) is 0 Å². The molecule has 0 aromatic rings. The first-order valence-electron chi connectivity index (χ1n) is 5.21. The number of unbranched alkanes of at least 4 members (excludes halogenated alkanes) is 2.